The first-order valence-electron chi connectivity index (χ1n) is 7.00. The van der Waals surface area contributed by atoms with E-state index in [1.54, 1.807) is 0 Å². The van der Waals surface area contributed by atoms with Gasteiger partial charge >= 0.3 is 0 Å². The van der Waals surface area contributed by atoms with Gasteiger partial charge in [-0.1, -0.05) is 28.9 Å². The van der Waals surface area contributed by atoms with Crippen LogP contribution >= 0.6 is 27.7 Å². The molecule has 2 N–H and O–H groups in total. The van der Waals surface area contributed by atoms with Crippen molar-refractivity contribution >= 4 is 33.4 Å². The quantitative estimate of drug-likeness (QED) is 0.904. The van der Waals surface area contributed by atoms with E-state index in [1.165, 1.54) is 27.2 Å². The Balaban J connectivity index is 2.13. The normalized spacial score (nSPS) is 21.5. The summed E-state index contributed by atoms with van der Waals surface area (Å²) in [5, 5.41) is 0. The second-order valence-electron chi connectivity index (χ2n) is 5.27. The van der Waals surface area contributed by atoms with E-state index in [0.717, 1.165) is 19.4 Å². The molecule has 2 rings (SSSR count). The van der Waals surface area contributed by atoms with E-state index in [9.17, 15) is 0 Å². The van der Waals surface area contributed by atoms with Crippen molar-refractivity contribution in [2.75, 3.05) is 23.0 Å². The van der Waals surface area contributed by atoms with Crippen LogP contribution in [0.3, 0.4) is 0 Å². The molecule has 1 aromatic rings. The average Bonchev–Trinajstić information content (AvgIpc) is 2.41. The van der Waals surface area contributed by atoms with E-state index in [4.69, 9.17) is 5.73 Å². The SMILES string of the molecule is CCC(N)Cc1ccc(N2CCSCC2C)cc1Br. The summed E-state index contributed by atoms with van der Waals surface area (Å²) in [5.41, 5.74) is 8.69. The molecule has 1 heterocycles. The molecule has 0 saturated carbocycles. The van der Waals surface area contributed by atoms with Gasteiger partial charge in [0.1, 0.15) is 0 Å². The number of thioether (sulfide) groups is 1. The molecule has 0 bridgehead atoms. The van der Waals surface area contributed by atoms with Crippen LogP contribution in [0.25, 0.3) is 0 Å². The Bertz CT molecular complexity index is 425. The predicted octanol–water partition coefficient (Wildman–Crippen LogP) is 3.67. The number of nitrogens with two attached hydrogens (primary N) is 1. The van der Waals surface area contributed by atoms with Gasteiger partial charge in [0.2, 0.25) is 0 Å². The number of halogens is 1. The number of rotatable bonds is 4. The average molecular weight is 343 g/mol. The van der Waals surface area contributed by atoms with E-state index in [2.05, 4.69) is 64.6 Å². The maximum atomic E-state index is 6.04. The number of anilines is 1. The Morgan fingerprint density at radius 2 is 2.32 bits per heavy atom. The summed E-state index contributed by atoms with van der Waals surface area (Å²) >= 11 is 5.75. The zero-order valence-electron chi connectivity index (χ0n) is 11.7. The Morgan fingerprint density at radius 3 is 2.95 bits per heavy atom. The maximum Gasteiger partial charge on any atom is 0.0380 e. The first-order chi connectivity index (χ1) is 9.11. The van der Waals surface area contributed by atoms with Crippen molar-refractivity contribution < 1.29 is 0 Å². The van der Waals surface area contributed by atoms with Crippen molar-refractivity contribution in [1.82, 2.24) is 0 Å². The van der Waals surface area contributed by atoms with Gasteiger partial charge in [0.05, 0.1) is 0 Å². The first-order valence-corrected chi connectivity index (χ1v) is 8.95. The number of nitrogens with zero attached hydrogens (tertiary/aromatic N) is 1. The molecule has 19 heavy (non-hydrogen) atoms. The summed E-state index contributed by atoms with van der Waals surface area (Å²) in [5.74, 6) is 2.45. The van der Waals surface area contributed by atoms with Crippen molar-refractivity contribution in [2.24, 2.45) is 5.73 Å². The van der Waals surface area contributed by atoms with E-state index >= 15 is 0 Å². The van der Waals surface area contributed by atoms with Crippen LogP contribution in [-0.4, -0.2) is 30.1 Å². The minimum absolute atomic E-state index is 0.257. The largest absolute Gasteiger partial charge is 0.367 e. The zero-order valence-corrected chi connectivity index (χ0v) is 14.1. The van der Waals surface area contributed by atoms with Gasteiger partial charge in [-0.25, -0.2) is 0 Å². The third-order valence-corrected chi connectivity index (χ3v) is 5.67. The highest BCUT2D eigenvalue weighted by Gasteiger charge is 2.19. The zero-order chi connectivity index (χ0) is 13.8. The third kappa shape index (κ3) is 3.89. The lowest BCUT2D eigenvalue weighted by atomic mass is 10.0. The van der Waals surface area contributed by atoms with Crippen LogP contribution in [0.4, 0.5) is 5.69 Å². The minimum atomic E-state index is 0.257. The van der Waals surface area contributed by atoms with Crippen LogP contribution in [0.5, 0.6) is 0 Å². The lowest BCUT2D eigenvalue weighted by Crippen LogP contribution is -2.40. The van der Waals surface area contributed by atoms with Crippen molar-refractivity contribution in [1.29, 1.82) is 0 Å². The summed E-state index contributed by atoms with van der Waals surface area (Å²) in [6, 6.07) is 7.60. The van der Waals surface area contributed by atoms with Gasteiger partial charge in [-0.15, -0.1) is 0 Å². The molecule has 0 spiro atoms. The van der Waals surface area contributed by atoms with Crippen molar-refractivity contribution in [3.05, 3.63) is 28.2 Å². The molecule has 1 aliphatic heterocycles. The fraction of sp³-hybridized carbons (Fsp3) is 0.600. The van der Waals surface area contributed by atoms with Crippen LogP contribution in [0.15, 0.2) is 22.7 Å². The monoisotopic (exact) mass is 342 g/mol. The Hall–Kier alpha value is -0.190. The molecule has 0 radical (unpaired) electrons. The van der Waals surface area contributed by atoms with E-state index in [0.29, 0.717) is 6.04 Å². The molecule has 1 fully saturated rings. The number of hydrogen-bond acceptors (Lipinski definition) is 3. The Morgan fingerprint density at radius 1 is 1.53 bits per heavy atom. The second-order valence-corrected chi connectivity index (χ2v) is 7.27. The maximum absolute atomic E-state index is 6.04. The van der Waals surface area contributed by atoms with Crippen molar-refractivity contribution in [3.8, 4) is 0 Å². The highest BCUT2D eigenvalue weighted by molar-refractivity contribution is 9.10. The topological polar surface area (TPSA) is 29.3 Å². The van der Waals surface area contributed by atoms with Crippen LogP contribution < -0.4 is 10.6 Å². The fourth-order valence-electron chi connectivity index (χ4n) is 2.42. The van der Waals surface area contributed by atoms with Gasteiger partial charge < -0.3 is 10.6 Å². The molecule has 0 amide bonds. The van der Waals surface area contributed by atoms with E-state index < -0.39 is 0 Å². The van der Waals surface area contributed by atoms with Gasteiger partial charge in [-0.05, 0) is 37.5 Å². The summed E-state index contributed by atoms with van der Waals surface area (Å²) in [4.78, 5) is 2.50. The summed E-state index contributed by atoms with van der Waals surface area (Å²) in [7, 11) is 0. The van der Waals surface area contributed by atoms with Gasteiger partial charge in [-0.3, -0.25) is 0 Å². The summed E-state index contributed by atoms with van der Waals surface area (Å²) < 4.78 is 1.19. The lowest BCUT2D eigenvalue weighted by molar-refractivity contribution is 0.644. The first kappa shape index (κ1) is 15.2. The molecular formula is C15H23BrN2S. The van der Waals surface area contributed by atoms with Gasteiger partial charge in [0.15, 0.2) is 0 Å². The van der Waals surface area contributed by atoms with Crippen LogP contribution in [-0.2, 0) is 6.42 Å². The molecule has 106 valence electrons. The number of hydrogen-bond donors (Lipinski definition) is 1. The van der Waals surface area contributed by atoms with Gasteiger partial charge in [-0.2, -0.15) is 11.8 Å². The summed E-state index contributed by atoms with van der Waals surface area (Å²) in [6.07, 6.45) is 1.97. The summed E-state index contributed by atoms with van der Waals surface area (Å²) in [6.45, 7) is 5.59. The fourth-order valence-corrected chi connectivity index (χ4v) is 3.96. The molecule has 2 unspecified atom stereocenters. The van der Waals surface area contributed by atoms with Crippen LogP contribution in [0.1, 0.15) is 25.8 Å². The lowest BCUT2D eigenvalue weighted by Gasteiger charge is -2.35. The molecule has 2 nitrogen and oxygen atoms in total. The van der Waals surface area contributed by atoms with E-state index in [1.807, 2.05) is 0 Å². The highest BCUT2D eigenvalue weighted by atomic mass is 79.9. The Labute approximate surface area is 129 Å². The third-order valence-electron chi connectivity index (χ3n) is 3.74. The molecule has 1 aliphatic rings. The second kappa shape index (κ2) is 7.00. The molecular weight excluding hydrogens is 320 g/mol. The van der Waals surface area contributed by atoms with E-state index in [-0.39, 0.29) is 6.04 Å². The molecule has 0 aromatic heterocycles. The van der Waals surface area contributed by atoms with Gasteiger partial charge in [0, 0.05) is 40.3 Å². The van der Waals surface area contributed by atoms with Crippen LogP contribution in [0, 0.1) is 0 Å². The number of benzene rings is 1. The van der Waals surface area contributed by atoms with Gasteiger partial charge in [0.25, 0.3) is 0 Å². The smallest absolute Gasteiger partial charge is 0.0380 e. The molecule has 1 saturated heterocycles. The molecule has 2 atom stereocenters. The molecule has 4 heteroatoms. The highest BCUT2D eigenvalue weighted by Crippen LogP contribution is 2.29. The molecule has 0 aliphatic carbocycles. The Kier molecular flexibility index (Phi) is 5.60. The van der Waals surface area contributed by atoms with Crippen molar-refractivity contribution in [2.45, 2.75) is 38.8 Å². The molecule has 1 aromatic carbocycles. The predicted molar refractivity (Wildman–Crippen MR) is 90.2 cm³/mol. The standard InChI is InChI=1S/C15H23BrN2S/c1-3-13(17)8-12-4-5-14(9-15(12)16)18-6-7-19-10-11(18)2/h4-5,9,11,13H,3,6-8,10,17H2,1-2H3. The minimum Gasteiger partial charge on any atom is -0.367 e. The van der Waals surface area contributed by atoms with Crippen LogP contribution in [0.2, 0.25) is 0 Å². The van der Waals surface area contributed by atoms with Crippen molar-refractivity contribution in [3.63, 3.8) is 0 Å².